The fourth-order valence-corrected chi connectivity index (χ4v) is 3.93. The molecule has 138 valence electrons. The van der Waals surface area contributed by atoms with Gasteiger partial charge in [0.1, 0.15) is 17.2 Å². The molecule has 7 heteroatoms. The van der Waals surface area contributed by atoms with Crippen molar-refractivity contribution in [3.05, 3.63) is 92.5 Å². The van der Waals surface area contributed by atoms with Crippen LogP contribution in [0.1, 0.15) is 32.6 Å². The molecular formula is C21H13NO6. The van der Waals surface area contributed by atoms with E-state index in [0.29, 0.717) is 28.2 Å². The minimum absolute atomic E-state index is 0.0123. The van der Waals surface area contributed by atoms with Crippen LogP contribution in [0, 0.1) is 17.0 Å². The van der Waals surface area contributed by atoms with Crippen molar-refractivity contribution in [1.82, 2.24) is 0 Å². The minimum Gasteiger partial charge on any atom is -0.508 e. The Labute approximate surface area is 158 Å². The number of non-ortho nitro benzene ring substituents is 1. The number of benzene rings is 3. The lowest BCUT2D eigenvalue weighted by atomic mass is 9.77. The molecule has 0 aliphatic carbocycles. The van der Waals surface area contributed by atoms with Crippen molar-refractivity contribution in [3.8, 4) is 17.2 Å². The number of aromatic hydroxyl groups is 1. The highest BCUT2D eigenvalue weighted by Gasteiger charge is 2.54. The van der Waals surface area contributed by atoms with E-state index in [2.05, 4.69) is 0 Å². The zero-order chi connectivity index (χ0) is 19.6. The van der Waals surface area contributed by atoms with Gasteiger partial charge in [-0.3, -0.25) is 10.1 Å². The number of carbonyl (C=O) groups is 1. The summed E-state index contributed by atoms with van der Waals surface area (Å²) in [5.74, 6) is 0.221. The first kappa shape index (κ1) is 16.3. The second-order valence-corrected chi connectivity index (χ2v) is 6.84. The Hall–Kier alpha value is -3.87. The molecule has 1 spiro atoms. The van der Waals surface area contributed by atoms with Gasteiger partial charge in [0.05, 0.1) is 10.5 Å². The van der Waals surface area contributed by atoms with Gasteiger partial charge in [-0.15, -0.1) is 0 Å². The normalized spacial score (nSPS) is 18.7. The number of hydrogen-bond donors (Lipinski definition) is 1. The first-order valence-electron chi connectivity index (χ1n) is 8.55. The summed E-state index contributed by atoms with van der Waals surface area (Å²) >= 11 is 0. The first-order valence-corrected chi connectivity index (χ1v) is 8.55. The SMILES string of the molecule is Cc1ccc2c(c1)Oc1cc(O)ccc1C21OC(=O)c2cc([N+](=O)[O-])ccc21. The van der Waals surface area contributed by atoms with Crippen LogP contribution in [0.2, 0.25) is 0 Å². The number of fused-ring (bicyclic) bond motifs is 6. The Kier molecular flexibility index (Phi) is 3.10. The Morgan fingerprint density at radius 2 is 1.64 bits per heavy atom. The summed E-state index contributed by atoms with van der Waals surface area (Å²) in [6.07, 6.45) is 0. The molecule has 1 unspecified atom stereocenters. The van der Waals surface area contributed by atoms with E-state index in [1.807, 2.05) is 25.1 Å². The largest absolute Gasteiger partial charge is 0.508 e. The number of phenolic OH excluding ortho intramolecular Hbond substituents is 1. The summed E-state index contributed by atoms with van der Waals surface area (Å²) in [6, 6.07) is 14.2. The quantitative estimate of drug-likeness (QED) is 0.389. The molecular weight excluding hydrogens is 362 g/mol. The fourth-order valence-electron chi connectivity index (χ4n) is 3.93. The average molecular weight is 375 g/mol. The summed E-state index contributed by atoms with van der Waals surface area (Å²) in [6.45, 7) is 1.91. The highest BCUT2D eigenvalue weighted by atomic mass is 16.6. The lowest BCUT2D eigenvalue weighted by molar-refractivity contribution is -0.384. The lowest BCUT2D eigenvalue weighted by Crippen LogP contribution is -2.33. The number of rotatable bonds is 1. The van der Waals surface area contributed by atoms with Crippen LogP contribution < -0.4 is 4.74 Å². The van der Waals surface area contributed by atoms with E-state index in [0.717, 1.165) is 5.56 Å². The molecule has 0 saturated carbocycles. The third-order valence-electron chi connectivity index (χ3n) is 5.14. The molecule has 5 rings (SSSR count). The van der Waals surface area contributed by atoms with Gasteiger partial charge in [-0.1, -0.05) is 12.1 Å². The molecule has 2 aliphatic rings. The van der Waals surface area contributed by atoms with Gasteiger partial charge in [-0.25, -0.2) is 4.79 Å². The monoisotopic (exact) mass is 375 g/mol. The fraction of sp³-hybridized carbons (Fsp3) is 0.0952. The predicted octanol–water partition coefficient (Wildman–Crippen LogP) is 4.18. The molecule has 2 aliphatic heterocycles. The number of phenols is 1. The maximum Gasteiger partial charge on any atom is 0.340 e. The molecule has 0 amide bonds. The van der Waals surface area contributed by atoms with Crippen LogP contribution in [0.25, 0.3) is 0 Å². The zero-order valence-electron chi connectivity index (χ0n) is 14.6. The van der Waals surface area contributed by atoms with Crippen molar-refractivity contribution >= 4 is 11.7 Å². The number of carbonyl (C=O) groups excluding carboxylic acids is 1. The van der Waals surface area contributed by atoms with Crippen LogP contribution in [0.3, 0.4) is 0 Å². The number of nitrogens with zero attached hydrogens (tertiary/aromatic N) is 1. The average Bonchev–Trinajstić information content (AvgIpc) is 2.94. The Balaban J connectivity index is 1.87. The van der Waals surface area contributed by atoms with Crippen molar-refractivity contribution in [2.75, 3.05) is 0 Å². The number of nitro benzene ring substituents is 1. The minimum atomic E-state index is -1.30. The first-order chi connectivity index (χ1) is 13.4. The summed E-state index contributed by atoms with van der Waals surface area (Å²) in [4.78, 5) is 23.3. The summed E-state index contributed by atoms with van der Waals surface area (Å²) in [5, 5.41) is 21.1. The van der Waals surface area contributed by atoms with Gasteiger partial charge >= 0.3 is 5.97 Å². The van der Waals surface area contributed by atoms with Crippen LogP contribution in [0.15, 0.2) is 54.6 Å². The summed E-state index contributed by atoms with van der Waals surface area (Å²) in [5.41, 5.74) is 1.27. The molecule has 2 heterocycles. The number of nitro groups is 1. The summed E-state index contributed by atoms with van der Waals surface area (Å²) in [7, 11) is 0. The maximum atomic E-state index is 12.7. The number of esters is 1. The van der Waals surface area contributed by atoms with Gasteiger partial charge in [0.15, 0.2) is 5.60 Å². The van der Waals surface area contributed by atoms with Crippen LogP contribution in [-0.2, 0) is 10.3 Å². The summed E-state index contributed by atoms with van der Waals surface area (Å²) < 4.78 is 11.9. The van der Waals surface area contributed by atoms with E-state index in [-0.39, 0.29) is 17.0 Å². The van der Waals surface area contributed by atoms with E-state index in [1.165, 1.54) is 24.3 Å². The third-order valence-corrected chi connectivity index (χ3v) is 5.14. The number of aryl methyl sites for hydroxylation is 1. The second kappa shape index (κ2) is 5.32. The highest BCUT2D eigenvalue weighted by molar-refractivity contribution is 5.97. The van der Waals surface area contributed by atoms with Gasteiger partial charge in [0, 0.05) is 34.9 Å². The molecule has 0 radical (unpaired) electrons. The molecule has 1 atom stereocenters. The molecule has 1 N–H and O–H groups in total. The molecule has 0 saturated heterocycles. The number of hydrogen-bond acceptors (Lipinski definition) is 6. The lowest BCUT2D eigenvalue weighted by Gasteiger charge is -2.36. The van der Waals surface area contributed by atoms with Crippen molar-refractivity contribution in [1.29, 1.82) is 0 Å². The Morgan fingerprint density at radius 3 is 2.39 bits per heavy atom. The van der Waals surface area contributed by atoms with E-state index < -0.39 is 16.5 Å². The smallest absolute Gasteiger partial charge is 0.340 e. The van der Waals surface area contributed by atoms with Gasteiger partial charge in [0.2, 0.25) is 0 Å². The predicted molar refractivity (Wildman–Crippen MR) is 97.8 cm³/mol. The van der Waals surface area contributed by atoms with Gasteiger partial charge < -0.3 is 14.6 Å². The molecule has 28 heavy (non-hydrogen) atoms. The maximum absolute atomic E-state index is 12.7. The molecule has 7 nitrogen and oxygen atoms in total. The van der Waals surface area contributed by atoms with E-state index in [1.54, 1.807) is 12.1 Å². The Bertz CT molecular complexity index is 1150. The van der Waals surface area contributed by atoms with Gasteiger partial charge in [-0.2, -0.15) is 0 Å². The molecule has 0 fully saturated rings. The van der Waals surface area contributed by atoms with Crippen molar-refractivity contribution in [3.63, 3.8) is 0 Å². The standard InChI is InChI=1S/C21H13NO6/c1-11-2-5-16-18(8-11)27-19-10-13(23)4-7-17(19)21(16)15-6-3-12(22(25)26)9-14(15)20(24)28-21/h2-10,23H,1H3. The van der Waals surface area contributed by atoms with Crippen LogP contribution >= 0.6 is 0 Å². The Morgan fingerprint density at radius 1 is 0.964 bits per heavy atom. The van der Waals surface area contributed by atoms with Crippen molar-refractivity contribution < 1.29 is 24.3 Å². The highest BCUT2D eigenvalue weighted by Crippen LogP contribution is 2.56. The molecule has 3 aromatic rings. The van der Waals surface area contributed by atoms with Crippen LogP contribution in [-0.4, -0.2) is 16.0 Å². The van der Waals surface area contributed by atoms with Crippen molar-refractivity contribution in [2.24, 2.45) is 0 Å². The zero-order valence-corrected chi connectivity index (χ0v) is 14.6. The van der Waals surface area contributed by atoms with E-state index in [4.69, 9.17) is 9.47 Å². The van der Waals surface area contributed by atoms with Crippen LogP contribution in [0.4, 0.5) is 5.69 Å². The van der Waals surface area contributed by atoms with Gasteiger partial charge in [-0.05, 0) is 36.8 Å². The van der Waals surface area contributed by atoms with Gasteiger partial charge in [0.25, 0.3) is 5.69 Å². The van der Waals surface area contributed by atoms with Crippen LogP contribution in [0.5, 0.6) is 17.2 Å². The molecule has 0 bridgehead atoms. The molecule has 3 aromatic carbocycles. The van der Waals surface area contributed by atoms with E-state index in [9.17, 15) is 20.0 Å². The third kappa shape index (κ3) is 2.01. The number of ether oxygens (including phenoxy) is 2. The van der Waals surface area contributed by atoms with Crippen molar-refractivity contribution in [2.45, 2.75) is 12.5 Å². The second-order valence-electron chi connectivity index (χ2n) is 6.84. The molecule has 0 aromatic heterocycles. The topological polar surface area (TPSA) is 98.9 Å². The van der Waals surface area contributed by atoms with E-state index >= 15 is 0 Å².